The van der Waals surface area contributed by atoms with E-state index in [1.54, 1.807) is 51.1 Å². The zero-order valence-corrected chi connectivity index (χ0v) is 15.5. The van der Waals surface area contributed by atoms with Crippen molar-refractivity contribution in [2.75, 3.05) is 11.9 Å². The second-order valence-corrected chi connectivity index (χ2v) is 7.15. The summed E-state index contributed by atoms with van der Waals surface area (Å²) in [5, 5.41) is 2.76. The number of rotatable bonds is 5. The lowest BCUT2D eigenvalue weighted by molar-refractivity contribution is -0.123. The summed E-state index contributed by atoms with van der Waals surface area (Å²) in [7, 11) is 0. The van der Waals surface area contributed by atoms with E-state index in [9.17, 15) is 14.4 Å². The third-order valence-corrected chi connectivity index (χ3v) is 3.75. The summed E-state index contributed by atoms with van der Waals surface area (Å²) in [5.41, 5.74) is 1.77. The number of aryl methyl sites for hydroxylation is 1. The summed E-state index contributed by atoms with van der Waals surface area (Å²) in [6.45, 7) is 7.01. The molecule has 136 valence electrons. The van der Waals surface area contributed by atoms with Gasteiger partial charge >= 0.3 is 5.97 Å². The minimum absolute atomic E-state index is 0.155. The number of carbonyl (C=O) groups excluding carboxylic acids is 3. The molecule has 0 unspecified atom stereocenters. The standard InChI is InChI=1S/C21H23NO4/c1-14-8-10-15(11-9-14)18(23)13-26-19(24)16-6-5-7-17(12-16)22-20(25)21(2,3)4/h5-12H,13H2,1-4H3,(H,22,25). The van der Waals surface area contributed by atoms with Crippen molar-refractivity contribution in [3.63, 3.8) is 0 Å². The molecule has 5 heteroatoms. The van der Waals surface area contributed by atoms with E-state index < -0.39 is 11.4 Å². The molecule has 0 aliphatic heterocycles. The normalized spacial score (nSPS) is 10.9. The van der Waals surface area contributed by atoms with Gasteiger partial charge in [-0.3, -0.25) is 9.59 Å². The van der Waals surface area contributed by atoms with Crippen LogP contribution in [0.4, 0.5) is 5.69 Å². The first-order valence-electron chi connectivity index (χ1n) is 8.35. The number of esters is 1. The molecule has 0 spiro atoms. The number of hydrogen-bond acceptors (Lipinski definition) is 4. The number of amides is 1. The topological polar surface area (TPSA) is 72.5 Å². The van der Waals surface area contributed by atoms with Crippen molar-refractivity contribution in [3.05, 3.63) is 65.2 Å². The quantitative estimate of drug-likeness (QED) is 0.651. The fraction of sp³-hybridized carbons (Fsp3) is 0.286. The molecule has 1 amide bonds. The largest absolute Gasteiger partial charge is 0.454 e. The molecule has 2 rings (SSSR count). The van der Waals surface area contributed by atoms with Gasteiger partial charge in [0.2, 0.25) is 5.91 Å². The van der Waals surface area contributed by atoms with Gasteiger partial charge in [0, 0.05) is 16.7 Å². The lowest BCUT2D eigenvalue weighted by Crippen LogP contribution is -2.27. The molecule has 5 nitrogen and oxygen atoms in total. The zero-order chi connectivity index (χ0) is 19.3. The first kappa shape index (κ1) is 19.4. The average molecular weight is 353 g/mol. The number of hydrogen-bond donors (Lipinski definition) is 1. The Balaban J connectivity index is 1.99. The van der Waals surface area contributed by atoms with Gasteiger partial charge in [-0.25, -0.2) is 4.79 Å². The summed E-state index contributed by atoms with van der Waals surface area (Å²) < 4.78 is 5.10. The van der Waals surface area contributed by atoms with Crippen molar-refractivity contribution in [2.45, 2.75) is 27.7 Å². The predicted molar refractivity (Wildman–Crippen MR) is 100 cm³/mol. The highest BCUT2D eigenvalue weighted by molar-refractivity contribution is 6.00. The molecule has 1 N–H and O–H groups in total. The smallest absolute Gasteiger partial charge is 0.338 e. The van der Waals surface area contributed by atoms with Crippen molar-refractivity contribution in [3.8, 4) is 0 Å². The van der Waals surface area contributed by atoms with E-state index in [1.807, 2.05) is 19.1 Å². The number of ether oxygens (including phenoxy) is 1. The second kappa shape index (κ2) is 7.95. The molecule has 0 saturated carbocycles. The summed E-state index contributed by atoms with van der Waals surface area (Å²) in [4.78, 5) is 36.3. The summed E-state index contributed by atoms with van der Waals surface area (Å²) in [5.74, 6) is -1.04. The van der Waals surface area contributed by atoms with Crippen LogP contribution < -0.4 is 5.32 Å². The Morgan fingerprint density at radius 3 is 2.23 bits per heavy atom. The maximum absolute atomic E-state index is 12.2. The van der Waals surface area contributed by atoms with Crippen LogP contribution in [-0.2, 0) is 9.53 Å². The van der Waals surface area contributed by atoms with E-state index in [2.05, 4.69) is 5.32 Å². The van der Waals surface area contributed by atoms with Crippen LogP contribution in [0.1, 0.15) is 47.1 Å². The summed E-state index contributed by atoms with van der Waals surface area (Å²) in [6, 6.07) is 13.5. The van der Waals surface area contributed by atoms with Gasteiger partial charge in [0.1, 0.15) is 0 Å². The molecule has 0 aliphatic rings. The van der Waals surface area contributed by atoms with Crippen LogP contribution in [0.2, 0.25) is 0 Å². The van der Waals surface area contributed by atoms with E-state index in [4.69, 9.17) is 4.74 Å². The van der Waals surface area contributed by atoms with E-state index in [1.165, 1.54) is 6.07 Å². The van der Waals surface area contributed by atoms with Crippen LogP contribution in [-0.4, -0.2) is 24.3 Å². The lowest BCUT2D eigenvalue weighted by atomic mass is 9.95. The Hall–Kier alpha value is -2.95. The van der Waals surface area contributed by atoms with Crippen LogP contribution >= 0.6 is 0 Å². The van der Waals surface area contributed by atoms with Gasteiger partial charge in [-0.1, -0.05) is 56.7 Å². The minimum atomic E-state index is -0.614. The Bertz CT molecular complexity index is 817. The number of ketones is 1. The molecule has 0 aliphatic carbocycles. The molecule has 2 aromatic carbocycles. The van der Waals surface area contributed by atoms with Crippen molar-refractivity contribution < 1.29 is 19.1 Å². The molecule has 0 radical (unpaired) electrons. The zero-order valence-electron chi connectivity index (χ0n) is 15.5. The van der Waals surface area contributed by atoms with E-state index in [0.717, 1.165) is 5.56 Å². The van der Waals surface area contributed by atoms with Gasteiger partial charge in [0.05, 0.1) is 5.56 Å². The van der Waals surface area contributed by atoms with Crippen LogP contribution in [0.25, 0.3) is 0 Å². The monoisotopic (exact) mass is 353 g/mol. The first-order valence-corrected chi connectivity index (χ1v) is 8.35. The molecule has 0 heterocycles. The number of Topliss-reactive ketones (excluding diaryl/α,β-unsaturated/α-hetero) is 1. The molecule has 2 aromatic rings. The molecule has 26 heavy (non-hydrogen) atoms. The van der Waals surface area contributed by atoms with E-state index in [-0.39, 0.29) is 23.9 Å². The van der Waals surface area contributed by atoms with Crippen LogP contribution in [0.5, 0.6) is 0 Å². The number of anilines is 1. The van der Waals surface area contributed by atoms with Crippen LogP contribution in [0, 0.1) is 12.3 Å². The third kappa shape index (κ3) is 5.28. The first-order chi connectivity index (χ1) is 12.2. The van der Waals surface area contributed by atoms with Gasteiger partial charge in [-0.15, -0.1) is 0 Å². The second-order valence-electron chi connectivity index (χ2n) is 7.15. The van der Waals surface area contributed by atoms with Crippen molar-refractivity contribution in [1.29, 1.82) is 0 Å². The maximum atomic E-state index is 12.2. The highest BCUT2D eigenvalue weighted by Crippen LogP contribution is 2.18. The van der Waals surface area contributed by atoms with Gasteiger partial charge < -0.3 is 10.1 Å². The fourth-order valence-electron chi connectivity index (χ4n) is 2.08. The fourth-order valence-corrected chi connectivity index (χ4v) is 2.08. The SMILES string of the molecule is Cc1ccc(C(=O)COC(=O)c2cccc(NC(=O)C(C)(C)C)c2)cc1. The van der Waals surface area contributed by atoms with Crippen molar-refractivity contribution in [1.82, 2.24) is 0 Å². The molecular formula is C21H23NO4. The number of carbonyl (C=O) groups is 3. The Morgan fingerprint density at radius 2 is 1.62 bits per heavy atom. The van der Waals surface area contributed by atoms with E-state index in [0.29, 0.717) is 11.3 Å². The van der Waals surface area contributed by atoms with Crippen molar-refractivity contribution in [2.24, 2.45) is 5.41 Å². The molecular weight excluding hydrogens is 330 g/mol. The number of benzene rings is 2. The highest BCUT2D eigenvalue weighted by atomic mass is 16.5. The lowest BCUT2D eigenvalue weighted by Gasteiger charge is -2.17. The molecule has 0 fully saturated rings. The summed E-state index contributed by atoms with van der Waals surface area (Å²) in [6.07, 6.45) is 0. The minimum Gasteiger partial charge on any atom is -0.454 e. The Morgan fingerprint density at radius 1 is 0.962 bits per heavy atom. The summed E-state index contributed by atoms with van der Waals surface area (Å²) >= 11 is 0. The number of nitrogens with one attached hydrogen (secondary N) is 1. The maximum Gasteiger partial charge on any atom is 0.338 e. The molecule has 0 bridgehead atoms. The van der Waals surface area contributed by atoms with Gasteiger partial charge in [0.25, 0.3) is 0 Å². The highest BCUT2D eigenvalue weighted by Gasteiger charge is 2.21. The van der Waals surface area contributed by atoms with Gasteiger partial charge in [0.15, 0.2) is 12.4 Å². The molecule has 0 saturated heterocycles. The Labute approximate surface area is 153 Å². The predicted octanol–water partition coefficient (Wildman–Crippen LogP) is 4.02. The van der Waals surface area contributed by atoms with Crippen LogP contribution in [0.3, 0.4) is 0 Å². The van der Waals surface area contributed by atoms with Gasteiger partial charge in [-0.2, -0.15) is 0 Å². The third-order valence-electron chi connectivity index (χ3n) is 3.75. The average Bonchev–Trinajstić information content (AvgIpc) is 2.59. The van der Waals surface area contributed by atoms with Crippen LogP contribution in [0.15, 0.2) is 48.5 Å². The molecule has 0 atom stereocenters. The molecule has 0 aromatic heterocycles. The van der Waals surface area contributed by atoms with Gasteiger partial charge in [-0.05, 0) is 25.1 Å². The Kier molecular flexibility index (Phi) is 5.93. The van der Waals surface area contributed by atoms with Crippen molar-refractivity contribution >= 4 is 23.3 Å². The van der Waals surface area contributed by atoms with E-state index >= 15 is 0 Å².